The fourth-order valence-electron chi connectivity index (χ4n) is 2.22. The highest BCUT2D eigenvalue weighted by molar-refractivity contribution is 7.80. The van der Waals surface area contributed by atoms with Gasteiger partial charge in [-0.2, -0.15) is 0 Å². The minimum absolute atomic E-state index is 0.0912. The van der Waals surface area contributed by atoms with Gasteiger partial charge in [-0.1, -0.05) is 62.8 Å². The van der Waals surface area contributed by atoms with E-state index in [9.17, 15) is 4.79 Å². The molecule has 0 spiro atoms. The van der Waals surface area contributed by atoms with Gasteiger partial charge in [0.2, 0.25) is 5.91 Å². The second-order valence-electron chi connectivity index (χ2n) is 5.13. The lowest BCUT2D eigenvalue weighted by Crippen LogP contribution is -2.33. The van der Waals surface area contributed by atoms with E-state index in [1.54, 1.807) is 0 Å². The van der Waals surface area contributed by atoms with Gasteiger partial charge in [0.25, 0.3) is 0 Å². The Morgan fingerprint density at radius 3 is 2.55 bits per heavy atom. The molecule has 0 aliphatic carbocycles. The lowest BCUT2D eigenvalue weighted by Gasteiger charge is -2.22. The van der Waals surface area contributed by atoms with Crippen LogP contribution < -0.4 is 11.1 Å². The van der Waals surface area contributed by atoms with Crippen molar-refractivity contribution in [2.24, 2.45) is 11.7 Å². The van der Waals surface area contributed by atoms with Gasteiger partial charge >= 0.3 is 0 Å². The zero-order chi connectivity index (χ0) is 15.0. The van der Waals surface area contributed by atoms with E-state index >= 15 is 0 Å². The number of hydrogen-bond donors (Lipinski definition) is 2. The molecular weight excluding hydrogens is 268 g/mol. The maximum atomic E-state index is 12.4. The summed E-state index contributed by atoms with van der Waals surface area (Å²) < 4.78 is 0. The quantitative estimate of drug-likeness (QED) is 0.572. The minimum Gasteiger partial charge on any atom is -0.393 e. The van der Waals surface area contributed by atoms with Crippen LogP contribution in [0.4, 0.5) is 0 Å². The number of benzene rings is 1. The Hall–Kier alpha value is -1.42. The zero-order valence-electron chi connectivity index (χ0n) is 12.3. The largest absolute Gasteiger partial charge is 0.393 e. The first-order chi connectivity index (χ1) is 9.56. The van der Waals surface area contributed by atoms with Crippen molar-refractivity contribution in [1.29, 1.82) is 0 Å². The van der Waals surface area contributed by atoms with Crippen LogP contribution in [-0.2, 0) is 4.79 Å². The minimum atomic E-state index is -0.0916. The van der Waals surface area contributed by atoms with Crippen LogP contribution in [0.2, 0.25) is 0 Å². The molecule has 0 saturated carbocycles. The molecule has 20 heavy (non-hydrogen) atoms. The van der Waals surface area contributed by atoms with Gasteiger partial charge in [0.1, 0.15) is 0 Å². The molecule has 0 heterocycles. The second-order valence-corrected chi connectivity index (χ2v) is 5.66. The Morgan fingerprint density at radius 1 is 1.35 bits per heavy atom. The SMILES string of the molecule is CCC(C)C(C(=O)NCCCC(N)=S)c1ccccc1. The van der Waals surface area contributed by atoms with Crippen LogP contribution in [0, 0.1) is 5.92 Å². The predicted molar refractivity (Wildman–Crippen MR) is 87.7 cm³/mol. The van der Waals surface area contributed by atoms with E-state index in [0.29, 0.717) is 23.9 Å². The number of nitrogens with two attached hydrogens (primary N) is 1. The monoisotopic (exact) mass is 292 g/mol. The van der Waals surface area contributed by atoms with E-state index in [2.05, 4.69) is 19.2 Å². The van der Waals surface area contributed by atoms with Crippen molar-refractivity contribution >= 4 is 23.1 Å². The molecule has 2 unspecified atom stereocenters. The van der Waals surface area contributed by atoms with Gasteiger partial charge in [0.05, 0.1) is 10.9 Å². The van der Waals surface area contributed by atoms with Gasteiger partial charge in [0, 0.05) is 6.54 Å². The van der Waals surface area contributed by atoms with Crippen LogP contribution in [0.3, 0.4) is 0 Å². The van der Waals surface area contributed by atoms with E-state index < -0.39 is 0 Å². The summed E-state index contributed by atoms with van der Waals surface area (Å²) in [5, 5.41) is 3.00. The summed E-state index contributed by atoms with van der Waals surface area (Å²) in [7, 11) is 0. The van der Waals surface area contributed by atoms with Gasteiger partial charge in [-0.15, -0.1) is 0 Å². The first kappa shape index (κ1) is 16.6. The molecule has 0 aromatic heterocycles. The molecular formula is C16H24N2OS. The number of thiocarbonyl (C=S) groups is 1. The molecule has 1 rings (SSSR count). The summed E-state index contributed by atoms with van der Waals surface area (Å²) >= 11 is 4.83. The Labute approximate surface area is 126 Å². The summed E-state index contributed by atoms with van der Waals surface area (Å²) in [6.45, 7) is 4.85. The van der Waals surface area contributed by atoms with Gasteiger partial charge < -0.3 is 11.1 Å². The summed E-state index contributed by atoms with van der Waals surface area (Å²) in [5.74, 6) is 0.313. The van der Waals surface area contributed by atoms with Crippen molar-refractivity contribution in [1.82, 2.24) is 5.32 Å². The molecule has 1 aromatic rings. The smallest absolute Gasteiger partial charge is 0.227 e. The number of rotatable bonds is 8. The van der Waals surface area contributed by atoms with Crippen molar-refractivity contribution in [2.45, 2.75) is 39.0 Å². The Bertz CT molecular complexity index is 433. The van der Waals surface area contributed by atoms with Crippen molar-refractivity contribution in [3.8, 4) is 0 Å². The second kappa shape index (κ2) is 8.69. The average molecular weight is 292 g/mol. The van der Waals surface area contributed by atoms with Crippen LogP contribution in [-0.4, -0.2) is 17.4 Å². The molecule has 1 amide bonds. The molecule has 0 saturated heterocycles. The highest BCUT2D eigenvalue weighted by atomic mass is 32.1. The summed E-state index contributed by atoms with van der Waals surface area (Å²) in [4.78, 5) is 12.9. The molecule has 4 heteroatoms. The number of carbonyl (C=O) groups excluding carboxylic acids is 1. The van der Waals surface area contributed by atoms with E-state index in [0.717, 1.165) is 18.4 Å². The van der Waals surface area contributed by atoms with Crippen LogP contribution in [0.1, 0.15) is 44.6 Å². The van der Waals surface area contributed by atoms with Crippen molar-refractivity contribution in [2.75, 3.05) is 6.54 Å². The van der Waals surface area contributed by atoms with E-state index in [1.165, 1.54) is 0 Å². The molecule has 0 radical (unpaired) electrons. The third-order valence-corrected chi connectivity index (χ3v) is 3.76. The molecule has 110 valence electrons. The first-order valence-corrected chi connectivity index (χ1v) is 7.58. The predicted octanol–water partition coefficient (Wildman–Crippen LogP) is 3.00. The Morgan fingerprint density at radius 2 is 2.00 bits per heavy atom. The van der Waals surface area contributed by atoms with Crippen LogP contribution >= 0.6 is 12.2 Å². The maximum Gasteiger partial charge on any atom is 0.227 e. The Kier molecular flexibility index (Phi) is 7.23. The van der Waals surface area contributed by atoms with Crippen molar-refractivity contribution in [3.05, 3.63) is 35.9 Å². The fraction of sp³-hybridized carbons (Fsp3) is 0.500. The van der Waals surface area contributed by atoms with Gasteiger partial charge in [-0.25, -0.2) is 0 Å². The van der Waals surface area contributed by atoms with Crippen molar-refractivity contribution in [3.63, 3.8) is 0 Å². The van der Waals surface area contributed by atoms with Crippen LogP contribution in [0.15, 0.2) is 30.3 Å². The zero-order valence-corrected chi connectivity index (χ0v) is 13.1. The Balaban J connectivity index is 2.64. The molecule has 0 fully saturated rings. The third-order valence-electron chi connectivity index (χ3n) is 3.55. The van der Waals surface area contributed by atoms with Gasteiger partial charge in [-0.05, 0) is 24.3 Å². The highest BCUT2D eigenvalue weighted by Crippen LogP contribution is 2.27. The molecule has 0 bridgehead atoms. The number of amides is 1. The summed E-state index contributed by atoms with van der Waals surface area (Å²) in [6, 6.07) is 9.96. The fourth-order valence-corrected chi connectivity index (χ4v) is 2.36. The number of hydrogen-bond acceptors (Lipinski definition) is 2. The van der Waals surface area contributed by atoms with E-state index in [-0.39, 0.29) is 11.8 Å². The lowest BCUT2D eigenvalue weighted by atomic mass is 9.85. The topological polar surface area (TPSA) is 55.1 Å². The average Bonchev–Trinajstić information content (AvgIpc) is 2.44. The maximum absolute atomic E-state index is 12.4. The van der Waals surface area contributed by atoms with Gasteiger partial charge in [-0.3, -0.25) is 4.79 Å². The molecule has 2 atom stereocenters. The van der Waals surface area contributed by atoms with Crippen LogP contribution in [0.25, 0.3) is 0 Å². The number of nitrogens with one attached hydrogen (secondary N) is 1. The normalized spacial score (nSPS) is 13.5. The molecule has 1 aromatic carbocycles. The van der Waals surface area contributed by atoms with Gasteiger partial charge in [0.15, 0.2) is 0 Å². The first-order valence-electron chi connectivity index (χ1n) is 7.17. The molecule has 0 aliphatic heterocycles. The number of carbonyl (C=O) groups is 1. The molecule has 3 nitrogen and oxygen atoms in total. The lowest BCUT2D eigenvalue weighted by molar-refractivity contribution is -0.123. The van der Waals surface area contributed by atoms with E-state index in [4.69, 9.17) is 18.0 Å². The third kappa shape index (κ3) is 5.29. The highest BCUT2D eigenvalue weighted by Gasteiger charge is 2.25. The molecule has 3 N–H and O–H groups in total. The standard InChI is InChI=1S/C16H24N2OS/c1-3-12(2)15(13-8-5-4-6-9-13)16(19)18-11-7-10-14(17)20/h4-6,8-9,12,15H,3,7,10-11H2,1-2H3,(H2,17,20)(H,18,19). The van der Waals surface area contributed by atoms with E-state index in [1.807, 2.05) is 30.3 Å². The van der Waals surface area contributed by atoms with Crippen molar-refractivity contribution < 1.29 is 4.79 Å². The summed E-state index contributed by atoms with van der Waals surface area (Å²) in [6.07, 6.45) is 2.44. The molecule has 0 aliphatic rings. The van der Waals surface area contributed by atoms with Crippen LogP contribution in [0.5, 0.6) is 0 Å². The summed E-state index contributed by atoms with van der Waals surface area (Å²) in [5.41, 5.74) is 6.53.